The van der Waals surface area contributed by atoms with Crippen molar-refractivity contribution in [3.63, 3.8) is 0 Å². The molecule has 0 fully saturated rings. The van der Waals surface area contributed by atoms with Crippen LogP contribution < -0.4 is 4.74 Å². The average Bonchev–Trinajstić information content (AvgIpc) is 2.65. The predicted molar refractivity (Wildman–Crippen MR) is 98.6 cm³/mol. The molecule has 0 N–H and O–H groups in total. The van der Waals surface area contributed by atoms with Gasteiger partial charge in [0.05, 0.1) is 18.3 Å². The first kappa shape index (κ1) is 14.9. The van der Waals surface area contributed by atoms with E-state index in [1.54, 1.807) is 7.11 Å². The van der Waals surface area contributed by atoms with Gasteiger partial charge in [0.1, 0.15) is 5.75 Å². The van der Waals surface area contributed by atoms with Crippen LogP contribution in [-0.4, -0.2) is 18.3 Å². The standard InChI is InChI=1S/C21H20N2O/c1-24-16-11-12-18-20(13-16)23-19-10-6-5-9-17(19)21(18)22-14-15-7-3-2-4-8-15/h2-4,7-8,11-14H,5-6,9-10H2,1H3. The zero-order chi connectivity index (χ0) is 16.4. The van der Waals surface area contributed by atoms with Crippen LogP contribution in [0.2, 0.25) is 0 Å². The lowest BCUT2D eigenvalue weighted by molar-refractivity contribution is 0.415. The molecular formula is C21H20N2O. The fourth-order valence-corrected chi connectivity index (χ4v) is 3.33. The third-order valence-electron chi connectivity index (χ3n) is 4.58. The molecular weight excluding hydrogens is 296 g/mol. The SMILES string of the molecule is COc1ccc2c(N=Cc3ccccc3)c3c(nc2c1)CCCC3. The van der Waals surface area contributed by atoms with Gasteiger partial charge < -0.3 is 4.74 Å². The van der Waals surface area contributed by atoms with Gasteiger partial charge in [-0.3, -0.25) is 9.98 Å². The summed E-state index contributed by atoms with van der Waals surface area (Å²) in [5.41, 5.74) is 5.66. The number of hydrogen-bond acceptors (Lipinski definition) is 3. The lowest BCUT2D eigenvalue weighted by Crippen LogP contribution is -2.06. The van der Waals surface area contributed by atoms with Gasteiger partial charge in [-0.1, -0.05) is 30.3 Å². The predicted octanol–water partition coefficient (Wildman–Crippen LogP) is 4.87. The van der Waals surface area contributed by atoms with E-state index < -0.39 is 0 Å². The maximum atomic E-state index is 5.36. The number of aliphatic imine (C=N–C) groups is 1. The Labute approximate surface area is 142 Å². The van der Waals surface area contributed by atoms with Crippen LogP contribution in [0, 0.1) is 0 Å². The van der Waals surface area contributed by atoms with Gasteiger partial charge in [-0.2, -0.15) is 0 Å². The van der Waals surface area contributed by atoms with Gasteiger partial charge in [-0.15, -0.1) is 0 Å². The molecule has 1 aliphatic rings. The minimum Gasteiger partial charge on any atom is -0.497 e. The monoisotopic (exact) mass is 316 g/mol. The van der Waals surface area contributed by atoms with Crippen molar-refractivity contribution in [3.05, 3.63) is 65.4 Å². The molecule has 3 aromatic rings. The number of rotatable bonds is 3. The van der Waals surface area contributed by atoms with Crippen LogP contribution in [0.25, 0.3) is 10.9 Å². The third-order valence-corrected chi connectivity index (χ3v) is 4.58. The molecule has 0 saturated carbocycles. The maximum absolute atomic E-state index is 5.36. The molecule has 0 saturated heterocycles. The van der Waals surface area contributed by atoms with E-state index in [1.807, 2.05) is 36.5 Å². The molecule has 120 valence electrons. The van der Waals surface area contributed by atoms with E-state index in [0.29, 0.717) is 0 Å². The molecule has 0 aliphatic heterocycles. The Morgan fingerprint density at radius 2 is 1.88 bits per heavy atom. The van der Waals surface area contributed by atoms with Gasteiger partial charge in [0.25, 0.3) is 0 Å². The molecule has 3 nitrogen and oxygen atoms in total. The Balaban J connectivity index is 1.89. The van der Waals surface area contributed by atoms with Crippen LogP contribution in [0.15, 0.2) is 53.5 Å². The van der Waals surface area contributed by atoms with Gasteiger partial charge >= 0.3 is 0 Å². The second-order valence-corrected chi connectivity index (χ2v) is 6.14. The topological polar surface area (TPSA) is 34.5 Å². The van der Waals surface area contributed by atoms with Crippen LogP contribution >= 0.6 is 0 Å². The summed E-state index contributed by atoms with van der Waals surface area (Å²) in [6, 6.07) is 16.3. The van der Waals surface area contributed by atoms with Crippen molar-refractivity contribution < 1.29 is 4.74 Å². The van der Waals surface area contributed by atoms with E-state index in [4.69, 9.17) is 14.7 Å². The Morgan fingerprint density at radius 1 is 1.04 bits per heavy atom. The molecule has 1 heterocycles. The lowest BCUT2D eigenvalue weighted by atomic mass is 9.93. The molecule has 24 heavy (non-hydrogen) atoms. The van der Waals surface area contributed by atoms with Gasteiger partial charge in [0.15, 0.2) is 0 Å². The van der Waals surface area contributed by atoms with Gasteiger partial charge in [0, 0.05) is 23.4 Å². The molecule has 3 heteroatoms. The van der Waals surface area contributed by atoms with E-state index in [0.717, 1.165) is 40.7 Å². The lowest BCUT2D eigenvalue weighted by Gasteiger charge is -2.18. The minimum atomic E-state index is 0.837. The fraction of sp³-hybridized carbons (Fsp3) is 0.238. The van der Waals surface area contributed by atoms with Gasteiger partial charge in [-0.25, -0.2) is 0 Å². The van der Waals surface area contributed by atoms with Crippen molar-refractivity contribution in [2.24, 2.45) is 4.99 Å². The molecule has 1 aromatic heterocycles. The van der Waals surface area contributed by atoms with Crippen molar-refractivity contribution >= 4 is 22.8 Å². The number of benzene rings is 2. The zero-order valence-electron chi connectivity index (χ0n) is 13.8. The maximum Gasteiger partial charge on any atom is 0.121 e. The number of methoxy groups -OCH3 is 1. The molecule has 0 spiro atoms. The van der Waals surface area contributed by atoms with E-state index >= 15 is 0 Å². The van der Waals surface area contributed by atoms with Crippen molar-refractivity contribution in [2.75, 3.05) is 7.11 Å². The average molecular weight is 316 g/mol. The molecule has 1 aliphatic carbocycles. The van der Waals surface area contributed by atoms with Crippen molar-refractivity contribution in [1.82, 2.24) is 4.98 Å². The largest absolute Gasteiger partial charge is 0.497 e. The number of aryl methyl sites for hydroxylation is 1. The molecule has 0 bridgehead atoms. The second kappa shape index (κ2) is 6.44. The normalized spacial score (nSPS) is 14.0. The number of fused-ring (bicyclic) bond motifs is 2. The van der Waals surface area contributed by atoms with Gasteiger partial charge in [-0.05, 0) is 48.9 Å². The van der Waals surface area contributed by atoms with E-state index in [-0.39, 0.29) is 0 Å². The van der Waals surface area contributed by atoms with Crippen molar-refractivity contribution in [2.45, 2.75) is 25.7 Å². The van der Waals surface area contributed by atoms with Crippen molar-refractivity contribution in [1.29, 1.82) is 0 Å². The van der Waals surface area contributed by atoms with E-state index in [9.17, 15) is 0 Å². The van der Waals surface area contributed by atoms with E-state index in [1.165, 1.54) is 24.1 Å². The smallest absolute Gasteiger partial charge is 0.121 e. The van der Waals surface area contributed by atoms with Crippen molar-refractivity contribution in [3.8, 4) is 5.75 Å². The first-order valence-corrected chi connectivity index (χ1v) is 8.44. The van der Waals surface area contributed by atoms with Crippen LogP contribution in [0.1, 0.15) is 29.7 Å². The zero-order valence-corrected chi connectivity index (χ0v) is 13.8. The molecule has 0 radical (unpaired) electrons. The highest BCUT2D eigenvalue weighted by Gasteiger charge is 2.18. The Bertz CT molecular complexity index is 901. The van der Waals surface area contributed by atoms with E-state index in [2.05, 4.69) is 18.2 Å². The first-order valence-electron chi connectivity index (χ1n) is 8.44. The number of pyridine rings is 1. The molecule has 0 unspecified atom stereocenters. The van der Waals surface area contributed by atoms with Crippen LogP contribution in [0.3, 0.4) is 0 Å². The number of nitrogens with zero attached hydrogens (tertiary/aromatic N) is 2. The van der Waals surface area contributed by atoms with Crippen LogP contribution in [-0.2, 0) is 12.8 Å². The molecule has 4 rings (SSSR count). The summed E-state index contributed by atoms with van der Waals surface area (Å²) in [6.07, 6.45) is 6.47. The molecule has 0 amide bonds. The summed E-state index contributed by atoms with van der Waals surface area (Å²) in [6.45, 7) is 0. The summed E-state index contributed by atoms with van der Waals surface area (Å²) < 4.78 is 5.36. The van der Waals surface area contributed by atoms with Gasteiger partial charge in [0.2, 0.25) is 0 Å². The molecule has 2 aromatic carbocycles. The highest BCUT2D eigenvalue weighted by atomic mass is 16.5. The summed E-state index contributed by atoms with van der Waals surface area (Å²) in [5, 5.41) is 1.10. The summed E-state index contributed by atoms with van der Waals surface area (Å²) >= 11 is 0. The van der Waals surface area contributed by atoms with Crippen LogP contribution in [0.5, 0.6) is 5.75 Å². The van der Waals surface area contributed by atoms with Crippen LogP contribution in [0.4, 0.5) is 5.69 Å². The highest BCUT2D eigenvalue weighted by molar-refractivity contribution is 5.95. The Hall–Kier alpha value is -2.68. The quantitative estimate of drug-likeness (QED) is 0.646. The Morgan fingerprint density at radius 3 is 2.71 bits per heavy atom. The summed E-state index contributed by atoms with van der Waals surface area (Å²) in [7, 11) is 1.69. The summed E-state index contributed by atoms with van der Waals surface area (Å²) in [5.74, 6) is 0.837. The summed E-state index contributed by atoms with van der Waals surface area (Å²) in [4.78, 5) is 9.75. The fourth-order valence-electron chi connectivity index (χ4n) is 3.33. The second-order valence-electron chi connectivity index (χ2n) is 6.14. The highest BCUT2D eigenvalue weighted by Crippen LogP contribution is 2.36. The number of ether oxygens (including phenoxy) is 1. The number of hydrogen-bond donors (Lipinski definition) is 0. The first-order chi connectivity index (χ1) is 11.8. The molecule has 0 atom stereocenters. The third kappa shape index (κ3) is 2.78. The number of aromatic nitrogens is 1. The minimum absolute atomic E-state index is 0.837. The Kier molecular flexibility index (Phi) is 3.99.